The summed E-state index contributed by atoms with van der Waals surface area (Å²) in [5.41, 5.74) is 5.72. The number of nitrogen functional groups attached to an aromatic ring is 1. The van der Waals surface area contributed by atoms with Gasteiger partial charge >= 0.3 is 0 Å². The Labute approximate surface area is 92.4 Å². The van der Waals surface area contributed by atoms with Crippen molar-refractivity contribution < 1.29 is 9.15 Å². The molecule has 0 aliphatic carbocycles. The minimum Gasteiger partial charge on any atom is -0.484 e. The van der Waals surface area contributed by atoms with E-state index in [0.717, 1.165) is 5.76 Å². The molecule has 0 atom stereocenters. The van der Waals surface area contributed by atoms with Gasteiger partial charge in [0, 0.05) is 0 Å². The summed E-state index contributed by atoms with van der Waals surface area (Å²) in [6.45, 7) is 0.355. The van der Waals surface area contributed by atoms with Crippen molar-refractivity contribution in [1.82, 2.24) is 4.98 Å². The minimum absolute atomic E-state index is 0.0578. The Balaban J connectivity index is 1.98. The Morgan fingerprint density at radius 1 is 1.44 bits per heavy atom. The summed E-state index contributed by atoms with van der Waals surface area (Å²) in [6, 6.07) is 6.99. The third-order valence-electron chi connectivity index (χ3n) is 1.97. The maximum atomic E-state index is 7.18. The van der Waals surface area contributed by atoms with Crippen molar-refractivity contribution in [3.63, 3.8) is 0 Å². The van der Waals surface area contributed by atoms with E-state index in [4.69, 9.17) is 20.3 Å². The molecule has 0 fully saturated rings. The lowest BCUT2D eigenvalue weighted by Crippen LogP contribution is -2.12. The molecule has 0 saturated heterocycles. The summed E-state index contributed by atoms with van der Waals surface area (Å²) < 4.78 is 10.5. The lowest BCUT2D eigenvalue weighted by molar-refractivity contribution is 0.269. The average Bonchev–Trinajstić information content (AvgIpc) is 2.80. The van der Waals surface area contributed by atoms with Gasteiger partial charge in [0.1, 0.15) is 29.6 Å². The molecule has 0 bridgehead atoms. The Morgan fingerprint density at radius 3 is 2.88 bits per heavy atom. The number of hydrogen-bond acceptors (Lipinski definition) is 4. The fourth-order valence-corrected chi connectivity index (χ4v) is 1.17. The maximum absolute atomic E-state index is 7.18. The lowest BCUT2D eigenvalue weighted by Gasteiger charge is -2.04. The molecule has 5 nitrogen and oxygen atoms in total. The van der Waals surface area contributed by atoms with Crippen LogP contribution in [0.25, 0.3) is 0 Å². The number of aromatic nitrogens is 1. The van der Waals surface area contributed by atoms with Crippen LogP contribution in [0.1, 0.15) is 11.5 Å². The molecule has 82 valence electrons. The van der Waals surface area contributed by atoms with E-state index in [2.05, 4.69) is 4.98 Å². The van der Waals surface area contributed by atoms with E-state index in [9.17, 15) is 0 Å². The minimum atomic E-state index is -0.0578. The van der Waals surface area contributed by atoms with Gasteiger partial charge in [-0.2, -0.15) is 0 Å². The zero-order valence-electron chi connectivity index (χ0n) is 8.51. The smallest absolute Gasteiger partial charge is 0.146 e. The van der Waals surface area contributed by atoms with Crippen molar-refractivity contribution in [3.05, 3.63) is 48.2 Å². The Hall–Kier alpha value is -2.30. The van der Waals surface area contributed by atoms with Crippen molar-refractivity contribution in [3.8, 4) is 5.75 Å². The molecule has 2 rings (SSSR count). The lowest BCUT2D eigenvalue weighted by atomic mass is 10.3. The van der Waals surface area contributed by atoms with Crippen molar-refractivity contribution in [2.75, 3.05) is 0 Å². The van der Waals surface area contributed by atoms with Crippen LogP contribution in [0, 0.1) is 5.41 Å². The SMILES string of the molecule is N=C(N)c1ccc(OCc2ccco2)cn1. The second kappa shape index (κ2) is 4.48. The number of nitrogens with two attached hydrogens (primary N) is 1. The predicted molar refractivity (Wildman–Crippen MR) is 58.3 cm³/mol. The zero-order valence-corrected chi connectivity index (χ0v) is 8.51. The number of ether oxygens (including phenoxy) is 1. The van der Waals surface area contributed by atoms with Gasteiger partial charge in [-0.05, 0) is 24.3 Å². The van der Waals surface area contributed by atoms with E-state index in [1.54, 1.807) is 24.5 Å². The Kier molecular flexibility index (Phi) is 2.86. The topological polar surface area (TPSA) is 85.1 Å². The van der Waals surface area contributed by atoms with Crippen LogP contribution in [0.2, 0.25) is 0 Å². The molecule has 0 amide bonds. The highest BCUT2D eigenvalue weighted by atomic mass is 16.5. The van der Waals surface area contributed by atoms with Gasteiger partial charge in [0.2, 0.25) is 0 Å². The van der Waals surface area contributed by atoms with E-state index >= 15 is 0 Å². The average molecular weight is 217 g/mol. The molecular formula is C11H11N3O2. The first-order valence-corrected chi connectivity index (χ1v) is 4.71. The highest BCUT2D eigenvalue weighted by Crippen LogP contribution is 2.11. The van der Waals surface area contributed by atoms with Gasteiger partial charge in [0.05, 0.1) is 12.5 Å². The van der Waals surface area contributed by atoms with Crippen molar-refractivity contribution >= 4 is 5.84 Å². The predicted octanol–water partition coefficient (Wildman–Crippen LogP) is 1.54. The first kappa shape index (κ1) is 10.2. The molecule has 0 radical (unpaired) electrons. The first-order chi connectivity index (χ1) is 7.75. The summed E-state index contributed by atoms with van der Waals surface area (Å²) in [6.07, 6.45) is 3.12. The normalized spacial score (nSPS) is 10.0. The molecule has 3 N–H and O–H groups in total. The second-order valence-corrected chi connectivity index (χ2v) is 3.16. The van der Waals surface area contributed by atoms with Crippen molar-refractivity contribution in [1.29, 1.82) is 5.41 Å². The van der Waals surface area contributed by atoms with Crippen LogP contribution < -0.4 is 10.5 Å². The van der Waals surface area contributed by atoms with E-state index in [1.165, 1.54) is 6.20 Å². The number of hydrogen-bond donors (Lipinski definition) is 2. The van der Waals surface area contributed by atoms with Crippen LogP contribution in [-0.2, 0) is 6.61 Å². The highest BCUT2D eigenvalue weighted by Gasteiger charge is 2.00. The summed E-state index contributed by atoms with van der Waals surface area (Å²) in [7, 11) is 0. The number of amidine groups is 1. The van der Waals surface area contributed by atoms with Gasteiger partial charge in [-0.15, -0.1) is 0 Å². The number of nitrogens with one attached hydrogen (secondary N) is 1. The Morgan fingerprint density at radius 2 is 2.31 bits per heavy atom. The first-order valence-electron chi connectivity index (χ1n) is 4.71. The number of nitrogens with zero attached hydrogens (tertiary/aromatic N) is 1. The van der Waals surface area contributed by atoms with Crippen molar-refractivity contribution in [2.45, 2.75) is 6.61 Å². The van der Waals surface area contributed by atoms with E-state index in [0.29, 0.717) is 18.1 Å². The maximum Gasteiger partial charge on any atom is 0.146 e. The van der Waals surface area contributed by atoms with Gasteiger partial charge in [-0.3, -0.25) is 5.41 Å². The molecule has 0 saturated carbocycles. The molecule has 0 aliphatic heterocycles. The number of furan rings is 1. The molecule has 2 heterocycles. The van der Waals surface area contributed by atoms with Gasteiger partial charge in [-0.1, -0.05) is 0 Å². The van der Waals surface area contributed by atoms with E-state index < -0.39 is 0 Å². The summed E-state index contributed by atoms with van der Waals surface area (Å²) in [5.74, 6) is 1.30. The zero-order chi connectivity index (χ0) is 11.4. The van der Waals surface area contributed by atoms with Crippen LogP contribution in [0.3, 0.4) is 0 Å². The largest absolute Gasteiger partial charge is 0.484 e. The van der Waals surface area contributed by atoms with E-state index in [1.807, 2.05) is 6.07 Å². The Bertz CT molecular complexity index is 462. The third kappa shape index (κ3) is 2.38. The van der Waals surface area contributed by atoms with Crippen LogP contribution in [0.5, 0.6) is 5.75 Å². The number of rotatable bonds is 4. The molecule has 0 unspecified atom stereocenters. The molecule has 2 aromatic rings. The second-order valence-electron chi connectivity index (χ2n) is 3.16. The fraction of sp³-hybridized carbons (Fsp3) is 0.0909. The molecular weight excluding hydrogens is 206 g/mol. The van der Waals surface area contributed by atoms with Gasteiger partial charge in [-0.25, -0.2) is 4.98 Å². The summed E-state index contributed by atoms with van der Waals surface area (Å²) >= 11 is 0. The molecule has 16 heavy (non-hydrogen) atoms. The van der Waals surface area contributed by atoms with E-state index in [-0.39, 0.29) is 5.84 Å². The molecule has 5 heteroatoms. The summed E-state index contributed by atoms with van der Waals surface area (Å²) in [4.78, 5) is 3.97. The quantitative estimate of drug-likeness (QED) is 0.600. The third-order valence-corrected chi connectivity index (χ3v) is 1.97. The van der Waals surface area contributed by atoms with Crippen LogP contribution in [0.4, 0.5) is 0 Å². The highest BCUT2D eigenvalue weighted by molar-refractivity contribution is 5.92. The number of pyridine rings is 1. The standard InChI is InChI=1S/C11H11N3O2/c12-11(13)10-4-3-8(6-14-10)16-7-9-2-1-5-15-9/h1-6H,7H2,(H3,12,13). The van der Waals surface area contributed by atoms with Gasteiger partial charge in [0.25, 0.3) is 0 Å². The molecule has 2 aromatic heterocycles. The van der Waals surface area contributed by atoms with Gasteiger partial charge in [0.15, 0.2) is 0 Å². The van der Waals surface area contributed by atoms with Crippen molar-refractivity contribution in [2.24, 2.45) is 5.73 Å². The van der Waals surface area contributed by atoms with Crippen LogP contribution in [-0.4, -0.2) is 10.8 Å². The monoisotopic (exact) mass is 217 g/mol. The van der Waals surface area contributed by atoms with Crippen LogP contribution >= 0.6 is 0 Å². The summed E-state index contributed by atoms with van der Waals surface area (Å²) in [5, 5.41) is 7.18. The fourth-order valence-electron chi connectivity index (χ4n) is 1.17. The molecule has 0 spiro atoms. The molecule has 0 aliphatic rings. The van der Waals surface area contributed by atoms with Crippen LogP contribution in [0.15, 0.2) is 41.1 Å². The van der Waals surface area contributed by atoms with Gasteiger partial charge < -0.3 is 14.9 Å². The molecule has 0 aromatic carbocycles.